The van der Waals surface area contributed by atoms with Crippen molar-refractivity contribution >= 4 is 27.2 Å². The number of hydrogen-bond acceptors (Lipinski definition) is 4. The molecule has 0 amide bonds. The lowest BCUT2D eigenvalue weighted by Gasteiger charge is -2.22. The van der Waals surface area contributed by atoms with Crippen LogP contribution in [0.4, 0.5) is 0 Å². The Morgan fingerprint density at radius 1 is 1.37 bits per heavy atom. The van der Waals surface area contributed by atoms with Crippen molar-refractivity contribution in [1.29, 1.82) is 0 Å². The van der Waals surface area contributed by atoms with Gasteiger partial charge < -0.3 is 4.74 Å². The molecule has 0 radical (unpaired) electrons. The summed E-state index contributed by atoms with van der Waals surface area (Å²) in [7, 11) is -3.53. The van der Waals surface area contributed by atoms with Crippen LogP contribution in [0, 0.1) is 0 Å². The maximum atomic E-state index is 12.5. The van der Waals surface area contributed by atoms with E-state index in [0.717, 1.165) is 11.8 Å². The minimum atomic E-state index is -3.53. The van der Waals surface area contributed by atoms with E-state index >= 15 is 0 Å². The lowest BCUT2D eigenvalue weighted by atomic mass is 9.97. The number of halogens is 1. The molecule has 0 spiro atoms. The van der Waals surface area contributed by atoms with E-state index in [-0.39, 0.29) is 5.56 Å². The summed E-state index contributed by atoms with van der Waals surface area (Å²) in [5.41, 5.74) is 1.09. The molecule has 1 heterocycles. The number of hydrogen-bond donors (Lipinski definition) is 0. The van der Waals surface area contributed by atoms with Gasteiger partial charge >= 0.3 is 0 Å². The second kappa shape index (κ2) is 4.49. The molecule has 0 N–H and O–H groups in total. The molecule has 0 unspecified atom stereocenters. The van der Waals surface area contributed by atoms with E-state index in [2.05, 4.69) is 0 Å². The Labute approximate surface area is 117 Å². The number of benzene rings is 1. The number of Topliss-reactive ketones (excluding diaryl/α,β-unsaturated/α-hetero) is 1. The first-order chi connectivity index (χ1) is 8.64. The molecule has 0 saturated heterocycles. The monoisotopic (exact) mass is 302 g/mol. The van der Waals surface area contributed by atoms with E-state index in [1.807, 2.05) is 0 Å². The van der Waals surface area contributed by atoms with Crippen molar-refractivity contribution in [1.82, 2.24) is 0 Å². The largest absolute Gasteiger partial charge is 0.492 e. The Hall–Kier alpha value is -1.07. The number of carbonyl (C=O) groups excluding carboxylic acids is 1. The Bertz CT molecular complexity index is 647. The van der Waals surface area contributed by atoms with E-state index in [1.54, 1.807) is 6.07 Å². The number of ketones is 1. The van der Waals surface area contributed by atoms with Crippen LogP contribution in [0.5, 0.6) is 5.75 Å². The quantitative estimate of drug-likeness (QED) is 0.804. The van der Waals surface area contributed by atoms with Crippen LogP contribution in [0.2, 0.25) is 5.02 Å². The Morgan fingerprint density at radius 3 is 2.58 bits per heavy atom. The van der Waals surface area contributed by atoms with Crippen molar-refractivity contribution in [2.75, 3.05) is 12.9 Å². The molecule has 0 fully saturated rings. The third kappa shape index (κ3) is 2.37. The predicted octanol–water partition coefficient (Wildman–Crippen LogP) is 2.28. The molecule has 0 bridgehead atoms. The molecule has 104 valence electrons. The van der Waals surface area contributed by atoms with E-state index in [9.17, 15) is 13.2 Å². The smallest absolute Gasteiger partial charge is 0.187 e. The van der Waals surface area contributed by atoms with Gasteiger partial charge in [0.15, 0.2) is 15.6 Å². The molecule has 0 atom stereocenters. The zero-order valence-electron chi connectivity index (χ0n) is 11.0. The van der Waals surface area contributed by atoms with Crippen LogP contribution in [-0.2, 0) is 16.3 Å². The van der Waals surface area contributed by atoms with Gasteiger partial charge in [-0.15, -0.1) is 0 Å². The minimum absolute atomic E-state index is 0.246. The molecule has 1 aromatic carbocycles. The van der Waals surface area contributed by atoms with Crippen LogP contribution in [-0.4, -0.2) is 31.8 Å². The van der Waals surface area contributed by atoms with Crippen LogP contribution < -0.4 is 4.74 Å². The van der Waals surface area contributed by atoms with Gasteiger partial charge in [-0.25, -0.2) is 8.42 Å². The second-order valence-corrected chi connectivity index (χ2v) is 8.15. The van der Waals surface area contributed by atoms with Gasteiger partial charge in [0.05, 0.1) is 12.2 Å². The maximum Gasteiger partial charge on any atom is 0.187 e. The van der Waals surface area contributed by atoms with Crippen molar-refractivity contribution in [3.05, 3.63) is 28.3 Å². The molecule has 2 rings (SSSR count). The first-order valence-corrected chi connectivity index (χ1v) is 8.11. The minimum Gasteiger partial charge on any atom is -0.492 e. The summed E-state index contributed by atoms with van der Waals surface area (Å²) in [6.45, 7) is 3.27. The molecular formula is C13H15ClO4S. The highest BCUT2D eigenvalue weighted by molar-refractivity contribution is 7.92. The van der Waals surface area contributed by atoms with E-state index < -0.39 is 20.4 Å². The molecule has 4 nitrogen and oxygen atoms in total. The normalized spacial score (nSPS) is 14.9. The summed E-state index contributed by atoms with van der Waals surface area (Å²) in [6.07, 6.45) is 1.73. The Balaban J connectivity index is 2.58. The maximum absolute atomic E-state index is 12.5. The van der Waals surface area contributed by atoms with Gasteiger partial charge in [0.25, 0.3) is 0 Å². The highest BCUT2D eigenvalue weighted by atomic mass is 35.5. The van der Waals surface area contributed by atoms with Crippen LogP contribution >= 0.6 is 11.6 Å². The van der Waals surface area contributed by atoms with Gasteiger partial charge in [0.2, 0.25) is 0 Å². The summed E-state index contributed by atoms with van der Waals surface area (Å²) in [4.78, 5) is 12.5. The summed E-state index contributed by atoms with van der Waals surface area (Å²) < 4.78 is 27.5. The zero-order valence-corrected chi connectivity index (χ0v) is 12.6. The molecule has 0 aromatic heterocycles. The molecule has 1 aliphatic heterocycles. The molecule has 1 aromatic rings. The average Bonchev–Trinajstić information content (AvgIpc) is 2.72. The standard InChI is InChI=1S/C13H15ClO4S/c1-13(2,19(3,16)17)12(15)10-7-9(14)6-8-4-5-18-11(8)10/h6-7H,4-5H2,1-3H3. The number of sulfone groups is 1. The third-order valence-corrected chi connectivity index (χ3v) is 5.72. The molecule has 0 saturated carbocycles. The Kier molecular flexibility index (Phi) is 3.39. The van der Waals surface area contributed by atoms with E-state index in [0.29, 0.717) is 23.8 Å². The first-order valence-electron chi connectivity index (χ1n) is 5.84. The summed E-state index contributed by atoms with van der Waals surface area (Å²) >= 11 is 5.98. The van der Waals surface area contributed by atoms with Crippen molar-refractivity contribution in [3.63, 3.8) is 0 Å². The van der Waals surface area contributed by atoms with Crippen molar-refractivity contribution < 1.29 is 17.9 Å². The average molecular weight is 303 g/mol. The molecule has 0 aliphatic carbocycles. The van der Waals surface area contributed by atoms with Crippen molar-refractivity contribution in [3.8, 4) is 5.75 Å². The summed E-state index contributed by atoms with van der Waals surface area (Å²) in [6, 6.07) is 3.22. The fourth-order valence-electron chi connectivity index (χ4n) is 1.93. The Morgan fingerprint density at radius 2 is 2.00 bits per heavy atom. The highest BCUT2D eigenvalue weighted by Crippen LogP contribution is 2.36. The zero-order chi connectivity index (χ0) is 14.4. The molecule has 6 heteroatoms. The van der Waals surface area contributed by atoms with Gasteiger partial charge in [-0.3, -0.25) is 4.79 Å². The predicted molar refractivity (Wildman–Crippen MR) is 73.9 cm³/mol. The highest BCUT2D eigenvalue weighted by Gasteiger charge is 2.41. The molecular weight excluding hydrogens is 288 g/mol. The number of carbonyl (C=O) groups is 1. The summed E-state index contributed by atoms with van der Waals surface area (Å²) in [5.74, 6) is -0.0261. The van der Waals surface area contributed by atoms with Crippen LogP contribution in [0.3, 0.4) is 0 Å². The van der Waals surface area contributed by atoms with Gasteiger partial charge in [0, 0.05) is 17.7 Å². The number of fused-ring (bicyclic) bond motifs is 1. The first kappa shape index (κ1) is 14.3. The summed E-state index contributed by atoms with van der Waals surface area (Å²) in [5, 5.41) is 0.414. The SMILES string of the molecule is CC(C)(C(=O)c1cc(Cl)cc2c1OCC2)S(C)(=O)=O. The number of ether oxygens (including phenoxy) is 1. The van der Waals surface area contributed by atoms with Crippen LogP contribution in [0.1, 0.15) is 29.8 Å². The lowest BCUT2D eigenvalue weighted by molar-refractivity contribution is 0.0951. The van der Waals surface area contributed by atoms with E-state index in [1.165, 1.54) is 19.9 Å². The van der Waals surface area contributed by atoms with Gasteiger partial charge in [0.1, 0.15) is 10.5 Å². The lowest BCUT2D eigenvalue weighted by Crippen LogP contribution is -2.40. The van der Waals surface area contributed by atoms with Gasteiger partial charge in [-0.2, -0.15) is 0 Å². The van der Waals surface area contributed by atoms with E-state index in [4.69, 9.17) is 16.3 Å². The molecule has 19 heavy (non-hydrogen) atoms. The molecule has 1 aliphatic rings. The van der Waals surface area contributed by atoms with Gasteiger partial charge in [-0.05, 0) is 31.5 Å². The number of rotatable bonds is 3. The topological polar surface area (TPSA) is 60.4 Å². The van der Waals surface area contributed by atoms with Gasteiger partial charge in [-0.1, -0.05) is 11.6 Å². The fraction of sp³-hybridized carbons (Fsp3) is 0.462. The fourth-order valence-corrected chi connectivity index (χ4v) is 2.62. The van der Waals surface area contributed by atoms with Crippen LogP contribution in [0.25, 0.3) is 0 Å². The third-order valence-electron chi connectivity index (χ3n) is 3.47. The van der Waals surface area contributed by atoms with Crippen molar-refractivity contribution in [2.45, 2.75) is 25.0 Å². The second-order valence-electron chi connectivity index (χ2n) is 5.15. The van der Waals surface area contributed by atoms with Crippen molar-refractivity contribution in [2.24, 2.45) is 0 Å². The van der Waals surface area contributed by atoms with Crippen LogP contribution in [0.15, 0.2) is 12.1 Å².